The highest BCUT2D eigenvalue weighted by atomic mass is 16.5. The molecule has 0 saturated carbocycles. The molecule has 0 saturated heterocycles. The fraction of sp³-hybridized carbons (Fsp3) is 0.105. The zero-order valence-corrected chi connectivity index (χ0v) is 12.5. The van der Waals surface area contributed by atoms with Crippen molar-refractivity contribution < 1.29 is 9.15 Å². The van der Waals surface area contributed by atoms with Crippen LogP contribution in [-0.2, 0) is 0 Å². The average Bonchev–Trinajstić information content (AvgIpc) is 2.53. The van der Waals surface area contributed by atoms with Crippen LogP contribution in [0.3, 0.4) is 0 Å². The van der Waals surface area contributed by atoms with E-state index >= 15 is 0 Å². The lowest BCUT2D eigenvalue weighted by molar-refractivity contribution is 0.414. The largest absolute Gasteiger partial charge is 0.496 e. The van der Waals surface area contributed by atoms with Crippen LogP contribution < -0.4 is 10.4 Å². The maximum atomic E-state index is 11.7. The Morgan fingerprint density at radius 2 is 1.77 bits per heavy atom. The third kappa shape index (κ3) is 2.79. The van der Waals surface area contributed by atoms with Crippen molar-refractivity contribution in [2.24, 2.45) is 0 Å². The molecule has 0 radical (unpaired) electrons. The lowest BCUT2D eigenvalue weighted by atomic mass is 10.1. The summed E-state index contributed by atoms with van der Waals surface area (Å²) in [7, 11) is 1.64. The Bertz CT molecular complexity index is 904. The molecule has 0 N–H and O–H groups in total. The summed E-state index contributed by atoms with van der Waals surface area (Å²) in [6.07, 6.45) is 3.85. The molecule has 0 aliphatic carbocycles. The van der Waals surface area contributed by atoms with Crippen molar-refractivity contribution in [2.75, 3.05) is 7.11 Å². The summed E-state index contributed by atoms with van der Waals surface area (Å²) in [6.45, 7) is 2.01. The molecule has 1 heterocycles. The number of rotatable bonds is 3. The summed E-state index contributed by atoms with van der Waals surface area (Å²) in [5, 5.41) is 0.922. The van der Waals surface area contributed by atoms with Crippen LogP contribution in [0.4, 0.5) is 0 Å². The van der Waals surface area contributed by atoms with Crippen LogP contribution >= 0.6 is 0 Å². The molecule has 3 aromatic rings. The van der Waals surface area contributed by atoms with Gasteiger partial charge in [0.05, 0.1) is 7.11 Å². The van der Waals surface area contributed by atoms with Crippen LogP contribution in [0, 0.1) is 6.92 Å². The maximum Gasteiger partial charge on any atom is 0.336 e. The molecule has 0 spiro atoms. The third-order valence-electron chi connectivity index (χ3n) is 3.51. The number of benzene rings is 2. The van der Waals surface area contributed by atoms with E-state index in [2.05, 4.69) is 0 Å². The maximum absolute atomic E-state index is 11.7. The molecule has 0 amide bonds. The fourth-order valence-corrected chi connectivity index (χ4v) is 2.42. The van der Waals surface area contributed by atoms with E-state index in [1.165, 1.54) is 6.07 Å². The van der Waals surface area contributed by atoms with Crippen LogP contribution in [0.15, 0.2) is 57.7 Å². The summed E-state index contributed by atoms with van der Waals surface area (Å²) in [4.78, 5) is 11.7. The first kappa shape index (κ1) is 14.1. The molecule has 110 valence electrons. The third-order valence-corrected chi connectivity index (χ3v) is 3.51. The lowest BCUT2D eigenvalue weighted by Crippen LogP contribution is -1.98. The molecule has 2 aromatic carbocycles. The molecule has 0 aliphatic rings. The van der Waals surface area contributed by atoms with Gasteiger partial charge in [-0.1, -0.05) is 42.0 Å². The van der Waals surface area contributed by atoms with E-state index in [0.717, 1.165) is 27.8 Å². The van der Waals surface area contributed by atoms with Crippen LogP contribution in [0.1, 0.15) is 16.7 Å². The van der Waals surface area contributed by atoms with Gasteiger partial charge in [0.2, 0.25) is 0 Å². The van der Waals surface area contributed by atoms with Crippen molar-refractivity contribution in [3.8, 4) is 5.75 Å². The number of hydrogen-bond donors (Lipinski definition) is 0. The number of para-hydroxylation sites is 1. The summed E-state index contributed by atoms with van der Waals surface area (Å²) in [5.74, 6) is 0.794. The summed E-state index contributed by atoms with van der Waals surface area (Å²) < 4.78 is 10.6. The van der Waals surface area contributed by atoms with Crippen molar-refractivity contribution in [3.05, 3.63) is 75.6 Å². The molecule has 0 atom stereocenters. The first-order valence-electron chi connectivity index (χ1n) is 7.03. The number of aryl methyl sites for hydroxylation is 1. The molecular formula is C19H16O3. The van der Waals surface area contributed by atoms with Gasteiger partial charge in [-0.25, -0.2) is 4.79 Å². The molecule has 3 heteroatoms. The predicted octanol–water partition coefficient (Wildman–Crippen LogP) is 4.28. The van der Waals surface area contributed by atoms with Crippen molar-refractivity contribution in [2.45, 2.75) is 6.92 Å². The smallest absolute Gasteiger partial charge is 0.336 e. The van der Waals surface area contributed by atoms with Crippen molar-refractivity contribution in [3.63, 3.8) is 0 Å². The Hall–Kier alpha value is -2.81. The second-order valence-corrected chi connectivity index (χ2v) is 5.10. The molecule has 3 rings (SSSR count). The number of fused-ring (bicyclic) bond motifs is 1. The molecule has 22 heavy (non-hydrogen) atoms. The van der Waals surface area contributed by atoms with E-state index in [9.17, 15) is 4.79 Å². The Morgan fingerprint density at radius 3 is 2.59 bits per heavy atom. The first-order valence-corrected chi connectivity index (χ1v) is 7.03. The minimum Gasteiger partial charge on any atom is -0.496 e. The number of methoxy groups -OCH3 is 1. The number of ether oxygens (including phenoxy) is 1. The minimum atomic E-state index is -0.351. The average molecular weight is 292 g/mol. The van der Waals surface area contributed by atoms with Gasteiger partial charge in [0.15, 0.2) is 0 Å². The van der Waals surface area contributed by atoms with Crippen LogP contribution in [0.2, 0.25) is 0 Å². The van der Waals surface area contributed by atoms with Gasteiger partial charge in [-0.05, 0) is 30.7 Å². The highest BCUT2D eigenvalue weighted by Gasteiger charge is 2.04. The second-order valence-electron chi connectivity index (χ2n) is 5.10. The van der Waals surface area contributed by atoms with Crippen LogP contribution in [0.5, 0.6) is 5.75 Å². The first-order chi connectivity index (χ1) is 10.7. The van der Waals surface area contributed by atoms with E-state index in [1.54, 1.807) is 7.11 Å². The lowest BCUT2D eigenvalue weighted by Gasteiger charge is -2.05. The Labute approximate surface area is 128 Å². The highest BCUT2D eigenvalue weighted by molar-refractivity contribution is 5.90. The van der Waals surface area contributed by atoms with Crippen molar-refractivity contribution in [1.29, 1.82) is 0 Å². The molecule has 0 aliphatic heterocycles. The monoisotopic (exact) mass is 292 g/mol. The highest BCUT2D eigenvalue weighted by Crippen LogP contribution is 2.23. The molecule has 0 unspecified atom stereocenters. The number of hydrogen-bond acceptors (Lipinski definition) is 3. The normalized spacial score (nSPS) is 11.2. The quantitative estimate of drug-likeness (QED) is 0.676. The van der Waals surface area contributed by atoms with E-state index in [4.69, 9.17) is 9.15 Å². The minimum absolute atomic E-state index is 0.351. The SMILES string of the molecule is COc1ccccc1/C=C/c1cc(=O)oc2ccc(C)cc12. The zero-order valence-electron chi connectivity index (χ0n) is 12.5. The van der Waals surface area contributed by atoms with Gasteiger partial charge in [-0.15, -0.1) is 0 Å². The van der Waals surface area contributed by atoms with E-state index < -0.39 is 0 Å². The van der Waals surface area contributed by atoms with Gasteiger partial charge in [0.1, 0.15) is 11.3 Å². The molecule has 1 aromatic heterocycles. The van der Waals surface area contributed by atoms with Gasteiger partial charge in [-0.3, -0.25) is 0 Å². The van der Waals surface area contributed by atoms with Gasteiger partial charge < -0.3 is 9.15 Å². The summed E-state index contributed by atoms with van der Waals surface area (Å²) >= 11 is 0. The van der Waals surface area contributed by atoms with Gasteiger partial charge in [0.25, 0.3) is 0 Å². The summed E-state index contributed by atoms with van der Waals surface area (Å²) in [6, 6.07) is 15.0. The zero-order chi connectivity index (χ0) is 15.5. The topological polar surface area (TPSA) is 39.4 Å². The second kappa shape index (κ2) is 5.90. The van der Waals surface area contributed by atoms with Crippen LogP contribution in [-0.4, -0.2) is 7.11 Å². The molecular weight excluding hydrogens is 276 g/mol. The standard InChI is InChI=1S/C19H16O3/c1-13-7-10-18-16(11-13)15(12-19(20)22-18)9-8-14-5-3-4-6-17(14)21-2/h3-12H,1-2H3/b9-8+. The Morgan fingerprint density at radius 1 is 1.00 bits per heavy atom. The van der Waals surface area contributed by atoms with Crippen LogP contribution in [0.25, 0.3) is 23.1 Å². The van der Waals surface area contributed by atoms with E-state index in [-0.39, 0.29) is 5.63 Å². The molecule has 3 nitrogen and oxygen atoms in total. The predicted molar refractivity (Wildman–Crippen MR) is 89.1 cm³/mol. The Kier molecular flexibility index (Phi) is 3.79. The Balaban J connectivity index is 2.12. The van der Waals surface area contributed by atoms with E-state index in [1.807, 2.05) is 61.5 Å². The molecule has 0 bridgehead atoms. The van der Waals surface area contributed by atoms with E-state index in [0.29, 0.717) is 5.58 Å². The fourth-order valence-electron chi connectivity index (χ4n) is 2.42. The van der Waals surface area contributed by atoms with Gasteiger partial charge in [0, 0.05) is 17.0 Å². The van der Waals surface area contributed by atoms with Gasteiger partial charge in [-0.2, -0.15) is 0 Å². The molecule has 0 fully saturated rings. The van der Waals surface area contributed by atoms with Crippen molar-refractivity contribution in [1.82, 2.24) is 0 Å². The van der Waals surface area contributed by atoms with Crippen molar-refractivity contribution >= 4 is 23.1 Å². The summed E-state index contributed by atoms with van der Waals surface area (Å²) in [5.41, 5.74) is 3.15. The van der Waals surface area contributed by atoms with Gasteiger partial charge >= 0.3 is 5.63 Å².